The van der Waals surface area contributed by atoms with Crippen molar-refractivity contribution >= 4 is 56.1 Å². The fraction of sp³-hybridized carbons (Fsp3) is 0.226. The van der Waals surface area contributed by atoms with Crippen LogP contribution in [-0.4, -0.2) is 37.7 Å². The Balaban J connectivity index is 0.00000484. The van der Waals surface area contributed by atoms with Gasteiger partial charge < -0.3 is 33.1 Å². The van der Waals surface area contributed by atoms with Gasteiger partial charge in [0.05, 0.1) is 16.7 Å². The number of carbonyl (C=O) groups excluding carboxylic acids is 3. The van der Waals surface area contributed by atoms with E-state index in [2.05, 4.69) is 44.1 Å². The van der Waals surface area contributed by atoms with Gasteiger partial charge in [-0.15, -0.1) is 0 Å². The highest BCUT2D eigenvalue weighted by Gasteiger charge is 2.13. The van der Waals surface area contributed by atoms with Crippen LogP contribution >= 0.6 is 15.9 Å². The first-order chi connectivity index (χ1) is 19.9. The number of hydrogen-bond acceptors (Lipinski definition) is 4. The van der Waals surface area contributed by atoms with Gasteiger partial charge in [0, 0.05) is 24.0 Å². The number of urea groups is 1. The Morgan fingerprint density at radius 1 is 0.881 bits per heavy atom. The molecule has 11 heteroatoms. The van der Waals surface area contributed by atoms with E-state index in [-0.39, 0.29) is 37.5 Å². The van der Waals surface area contributed by atoms with Crippen LogP contribution in [-0.2, 0) is 17.7 Å². The molecule has 3 aromatic carbocycles. The molecule has 0 unspecified atom stereocenters. The van der Waals surface area contributed by atoms with Gasteiger partial charge >= 0.3 is 12.1 Å². The molecule has 4 aromatic rings. The summed E-state index contributed by atoms with van der Waals surface area (Å²) in [7, 11) is 0. The number of fused-ring (bicyclic) bond motifs is 1. The minimum atomic E-state index is -0.583. The first-order valence-corrected chi connectivity index (χ1v) is 14.2. The number of pyridine rings is 1. The average molecular weight is 655 g/mol. The highest BCUT2D eigenvalue weighted by molar-refractivity contribution is 9.10. The molecule has 0 fully saturated rings. The van der Waals surface area contributed by atoms with Crippen LogP contribution in [0, 0.1) is 0 Å². The fourth-order valence-electron chi connectivity index (χ4n) is 4.24. The molecule has 220 valence electrons. The van der Waals surface area contributed by atoms with E-state index in [1.165, 1.54) is 0 Å². The van der Waals surface area contributed by atoms with Crippen molar-refractivity contribution in [1.29, 1.82) is 0 Å². The first-order valence-electron chi connectivity index (χ1n) is 13.4. The van der Waals surface area contributed by atoms with E-state index in [0.717, 1.165) is 33.8 Å². The number of rotatable bonds is 11. The molecule has 0 bridgehead atoms. The number of anilines is 2. The molecule has 1 heterocycles. The second-order valence-electron chi connectivity index (χ2n) is 9.35. The number of nitrogens with one attached hydrogen (secondary N) is 4. The predicted molar refractivity (Wildman–Crippen MR) is 163 cm³/mol. The second-order valence-corrected chi connectivity index (χ2v) is 10.3. The molecule has 4 rings (SSSR count). The normalized spacial score (nSPS) is 10.3. The molecule has 0 saturated heterocycles. The number of aryl methyl sites for hydroxylation is 1. The van der Waals surface area contributed by atoms with Crippen molar-refractivity contribution in [2.45, 2.75) is 26.3 Å². The van der Waals surface area contributed by atoms with Crippen LogP contribution in [0.4, 0.5) is 21.0 Å². The molecule has 1 aromatic heterocycles. The molecule has 0 saturated carbocycles. The topological polar surface area (TPSA) is 112 Å². The van der Waals surface area contributed by atoms with Crippen LogP contribution < -0.4 is 38.2 Å². The first kappa shape index (κ1) is 32.4. The molecule has 0 spiro atoms. The molecule has 4 amide bonds. The second kappa shape index (κ2) is 16.3. The van der Waals surface area contributed by atoms with Gasteiger partial charge in [-0.25, -0.2) is 14.2 Å². The molecular formula is C31H33BrClN5O4. The third-order valence-corrected chi connectivity index (χ3v) is 6.62. The third kappa shape index (κ3) is 9.74. The highest BCUT2D eigenvalue weighted by atomic mass is 79.9. The summed E-state index contributed by atoms with van der Waals surface area (Å²) < 4.78 is 8.02. The lowest BCUT2D eigenvalue weighted by Crippen LogP contribution is -3.00. The smallest absolute Gasteiger partial charge is 0.411 e. The monoisotopic (exact) mass is 653 g/mol. The molecule has 0 radical (unpaired) electrons. The summed E-state index contributed by atoms with van der Waals surface area (Å²) in [6.07, 6.45) is 4.79. The molecule has 9 nitrogen and oxygen atoms in total. The van der Waals surface area contributed by atoms with E-state index < -0.39 is 6.09 Å². The third-order valence-electron chi connectivity index (χ3n) is 6.19. The highest BCUT2D eigenvalue weighted by Crippen LogP contribution is 2.23. The Kier molecular flexibility index (Phi) is 12.6. The summed E-state index contributed by atoms with van der Waals surface area (Å²) in [6, 6.07) is 22.3. The van der Waals surface area contributed by atoms with Crippen LogP contribution in [0.5, 0.6) is 0 Å². The summed E-state index contributed by atoms with van der Waals surface area (Å²) in [4.78, 5) is 36.9. The van der Waals surface area contributed by atoms with Gasteiger partial charge in [-0.05, 0) is 57.6 Å². The maximum Gasteiger partial charge on any atom is 0.411 e. The van der Waals surface area contributed by atoms with Crippen LogP contribution in [0.25, 0.3) is 10.8 Å². The van der Waals surface area contributed by atoms with Crippen LogP contribution in [0.1, 0.15) is 29.3 Å². The molecule has 0 aliphatic carbocycles. The zero-order valence-corrected chi connectivity index (χ0v) is 25.5. The van der Waals surface area contributed by atoms with Crippen molar-refractivity contribution in [2.24, 2.45) is 0 Å². The van der Waals surface area contributed by atoms with Gasteiger partial charge in [-0.1, -0.05) is 55.5 Å². The fourth-order valence-corrected chi connectivity index (χ4v) is 4.75. The van der Waals surface area contributed by atoms with Crippen molar-refractivity contribution in [2.75, 3.05) is 30.3 Å². The molecule has 4 N–H and O–H groups in total. The summed E-state index contributed by atoms with van der Waals surface area (Å²) in [6.45, 7) is 3.56. The summed E-state index contributed by atoms with van der Waals surface area (Å²) in [5.74, 6) is -0.183. The zero-order chi connectivity index (χ0) is 29.0. The van der Waals surface area contributed by atoms with Gasteiger partial charge in [0.15, 0.2) is 12.4 Å². The maximum absolute atomic E-state index is 12.7. The summed E-state index contributed by atoms with van der Waals surface area (Å²) in [5, 5.41) is 13.1. The minimum Gasteiger partial charge on any atom is -1.00 e. The zero-order valence-electron chi connectivity index (χ0n) is 23.2. The Hall–Kier alpha value is -4.15. The maximum atomic E-state index is 12.7. The largest absolute Gasteiger partial charge is 1.00 e. The molecule has 0 aliphatic rings. The average Bonchev–Trinajstić information content (AvgIpc) is 2.96. The van der Waals surface area contributed by atoms with Gasteiger partial charge in [0.2, 0.25) is 0 Å². The SMILES string of the molecule is CCC[n+]1cc(Br)cc(C(=O)Nc2ccc(CCNC(=O)NCCOC(=O)Nc3cccc4ccccc34)cc2)c1.[Cl-]. The van der Waals surface area contributed by atoms with Gasteiger partial charge in [0.25, 0.3) is 5.91 Å². The Bertz CT molecular complexity index is 1510. The van der Waals surface area contributed by atoms with Crippen molar-refractivity contribution in [3.8, 4) is 0 Å². The number of ether oxygens (including phenoxy) is 1. The van der Waals surface area contributed by atoms with Crippen molar-refractivity contribution in [3.63, 3.8) is 0 Å². The standard InChI is InChI=1S/C31H32BrN5O4.ClH/c1-2-17-37-20-24(19-25(32)21-37)29(38)35-26-12-10-22(11-13-26)14-15-33-30(39)34-16-18-41-31(40)36-28-9-5-7-23-6-3-4-8-27(23)28;/h3-13,19-21H,2,14-18H2,1H3,(H3-,33,34,35,36,38,39,40);1H. The Labute approximate surface area is 259 Å². The van der Waals surface area contributed by atoms with Crippen LogP contribution in [0.3, 0.4) is 0 Å². The lowest BCUT2D eigenvalue weighted by molar-refractivity contribution is -0.697. The molecular weight excluding hydrogens is 622 g/mol. The van der Waals surface area contributed by atoms with Gasteiger partial charge in [-0.3, -0.25) is 10.1 Å². The van der Waals surface area contributed by atoms with Gasteiger partial charge in [0.1, 0.15) is 18.7 Å². The van der Waals surface area contributed by atoms with E-state index >= 15 is 0 Å². The molecule has 0 aliphatic heterocycles. The van der Waals surface area contributed by atoms with E-state index in [1.807, 2.05) is 83.7 Å². The summed E-state index contributed by atoms with van der Waals surface area (Å²) in [5.41, 5.74) is 2.94. The van der Waals surface area contributed by atoms with Crippen molar-refractivity contribution < 1.29 is 36.1 Å². The lowest BCUT2D eigenvalue weighted by atomic mass is 10.1. The van der Waals surface area contributed by atoms with E-state index in [0.29, 0.717) is 29.9 Å². The van der Waals surface area contributed by atoms with Crippen LogP contribution in [0.2, 0.25) is 0 Å². The predicted octanol–water partition coefficient (Wildman–Crippen LogP) is 2.65. The lowest BCUT2D eigenvalue weighted by Gasteiger charge is -2.11. The van der Waals surface area contributed by atoms with E-state index in [9.17, 15) is 14.4 Å². The Morgan fingerprint density at radius 2 is 1.62 bits per heavy atom. The Morgan fingerprint density at radius 3 is 2.40 bits per heavy atom. The molecule has 0 atom stereocenters. The number of halogens is 2. The van der Waals surface area contributed by atoms with E-state index in [4.69, 9.17) is 4.74 Å². The number of nitrogens with zero attached hydrogens (tertiary/aromatic N) is 1. The van der Waals surface area contributed by atoms with Crippen LogP contribution in [0.15, 0.2) is 89.7 Å². The number of aromatic nitrogens is 1. The summed E-state index contributed by atoms with van der Waals surface area (Å²) >= 11 is 3.46. The quantitative estimate of drug-likeness (QED) is 0.147. The van der Waals surface area contributed by atoms with Crippen molar-refractivity contribution in [3.05, 3.63) is 101 Å². The molecule has 42 heavy (non-hydrogen) atoms. The number of amides is 4. The minimum absolute atomic E-state index is 0. The van der Waals surface area contributed by atoms with Gasteiger partial charge in [-0.2, -0.15) is 0 Å². The van der Waals surface area contributed by atoms with E-state index in [1.54, 1.807) is 6.07 Å². The number of benzene rings is 3. The number of hydrogen-bond donors (Lipinski definition) is 4. The number of carbonyl (C=O) groups is 3. The van der Waals surface area contributed by atoms with Crippen molar-refractivity contribution in [1.82, 2.24) is 10.6 Å².